The van der Waals surface area contributed by atoms with E-state index < -0.39 is 0 Å². The highest BCUT2D eigenvalue weighted by molar-refractivity contribution is 6.31. The highest BCUT2D eigenvalue weighted by Crippen LogP contribution is 2.18. The van der Waals surface area contributed by atoms with E-state index in [2.05, 4.69) is 5.32 Å². The third-order valence-electron chi connectivity index (χ3n) is 2.91. The molecule has 0 saturated carbocycles. The van der Waals surface area contributed by atoms with E-state index in [9.17, 15) is 4.79 Å². The van der Waals surface area contributed by atoms with Crippen molar-refractivity contribution < 1.29 is 9.53 Å². The molecule has 0 radical (unpaired) electrons. The summed E-state index contributed by atoms with van der Waals surface area (Å²) in [5, 5.41) is 3.85. The van der Waals surface area contributed by atoms with Crippen LogP contribution in [-0.2, 0) is 4.74 Å². The Morgan fingerprint density at radius 2 is 2.41 bits per heavy atom. The minimum atomic E-state index is -0.0173. The topological polar surface area (TPSA) is 38.3 Å². The van der Waals surface area contributed by atoms with E-state index in [4.69, 9.17) is 16.3 Å². The largest absolute Gasteiger partial charge is 0.375 e. The van der Waals surface area contributed by atoms with Gasteiger partial charge in [0.15, 0.2) is 5.78 Å². The summed E-state index contributed by atoms with van der Waals surface area (Å²) in [6, 6.07) is 5.42. The number of rotatable bonds is 3. The lowest BCUT2D eigenvalue weighted by molar-refractivity contribution is 0.0240. The Bertz CT molecular complexity index is 414. The fraction of sp³-hybridized carbons (Fsp3) is 0.462. The lowest BCUT2D eigenvalue weighted by Gasteiger charge is -2.22. The molecule has 0 bridgehead atoms. The van der Waals surface area contributed by atoms with Crippen LogP contribution in [0.2, 0.25) is 5.02 Å². The number of benzene rings is 1. The molecule has 1 N–H and O–H groups in total. The minimum Gasteiger partial charge on any atom is -0.375 e. The van der Waals surface area contributed by atoms with Crippen LogP contribution in [0.25, 0.3) is 0 Å². The first-order valence-corrected chi connectivity index (χ1v) is 6.16. The van der Waals surface area contributed by atoms with Crippen molar-refractivity contribution >= 4 is 17.4 Å². The van der Waals surface area contributed by atoms with Crippen LogP contribution in [0.3, 0.4) is 0 Å². The maximum absolute atomic E-state index is 12.0. The molecule has 1 aliphatic heterocycles. The summed E-state index contributed by atoms with van der Waals surface area (Å²) < 4.78 is 5.51. The van der Waals surface area contributed by atoms with Crippen molar-refractivity contribution in [1.82, 2.24) is 5.32 Å². The molecule has 1 aromatic rings. The number of aryl methyl sites for hydroxylation is 1. The first-order chi connectivity index (χ1) is 8.16. The third-order valence-corrected chi connectivity index (χ3v) is 3.32. The molecule has 0 spiro atoms. The second-order valence-corrected chi connectivity index (χ2v) is 4.70. The summed E-state index contributed by atoms with van der Waals surface area (Å²) in [4.78, 5) is 12.0. The second kappa shape index (κ2) is 5.63. The van der Waals surface area contributed by atoms with Gasteiger partial charge in [-0.15, -0.1) is 0 Å². The molecule has 1 aromatic carbocycles. The maximum atomic E-state index is 12.0. The number of nitrogens with one attached hydrogen (secondary N) is 1. The number of ketones is 1. The van der Waals surface area contributed by atoms with E-state index in [1.54, 1.807) is 6.07 Å². The Hall–Kier alpha value is -0.900. The van der Waals surface area contributed by atoms with Gasteiger partial charge in [-0.1, -0.05) is 23.7 Å². The molecule has 92 valence electrons. The van der Waals surface area contributed by atoms with Gasteiger partial charge < -0.3 is 10.1 Å². The van der Waals surface area contributed by atoms with Crippen molar-refractivity contribution in [3.8, 4) is 0 Å². The highest BCUT2D eigenvalue weighted by atomic mass is 35.5. The van der Waals surface area contributed by atoms with Gasteiger partial charge >= 0.3 is 0 Å². The number of carbonyl (C=O) groups excluding carboxylic acids is 1. The van der Waals surface area contributed by atoms with E-state index in [1.165, 1.54) is 0 Å². The SMILES string of the molecule is Cc1ccc(C(=O)CC2CNCCO2)cc1Cl. The van der Waals surface area contributed by atoms with E-state index >= 15 is 0 Å². The predicted octanol–water partition coefficient (Wildman–Crippen LogP) is 2.21. The van der Waals surface area contributed by atoms with Crippen molar-refractivity contribution in [2.75, 3.05) is 19.7 Å². The van der Waals surface area contributed by atoms with Gasteiger partial charge in [-0.25, -0.2) is 0 Å². The summed E-state index contributed by atoms with van der Waals surface area (Å²) in [6.07, 6.45) is 0.392. The molecule has 1 saturated heterocycles. The average Bonchev–Trinajstić information content (AvgIpc) is 2.34. The number of hydrogen-bond acceptors (Lipinski definition) is 3. The maximum Gasteiger partial charge on any atom is 0.165 e. The quantitative estimate of drug-likeness (QED) is 0.840. The monoisotopic (exact) mass is 253 g/mol. The Morgan fingerprint density at radius 1 is 1.59 bits per heavy atom. The molecule has 0 aliphatic carbocycles. The molecule has 0 amide bonds. The van der Waals surface area contributed by atoms with Crippen molar-refractivity contribution in [2.45, 2.75) is 19.4 Å². The summed E-state index contributed by atoms with van der Waals surface area (Å²) in [7, 11) is 0. The molecular weight excluding hydrogens is 238 g/mol. The van der Waals surface area contributed by atoms with Crippen LogP contribution in [0.1, 0.15) is 22.3 Å². The lowest BCUT2D eigenvalue weighted by Crippen LogP contribution is -2.39. The van der Waals surface area contributed by atoms with Gasteiger partial charge in [0, 0.05) is 30.1 Å². The van der Waals surface area contributed by atoms with Gasteiger partial charge in [-0.05, 0) is 18.6 Å². The van der Waals surface area contributed by atoms with Gasteiger partial charge in [-0.3, -0.25) is 4.79 Å². The van der Waals surface area contributed by atoms with Crippen LogP contribution >= 0.6 is 11.6 Å². The molecule has 0 aromatic heterocycles. The van der Waals surface area contributed by atoms with E-state index in [1.807, 2.05) is 19.1 Å². The number of carbonyl (C=O) groups is 1. The molecule has 1 aliphatic rings. The lowest BCUT2D eigenvalue weighted by atomic mass is 10.0. The number of halogens is 1. The van der Waals surface area contributed by atoms with Crippen LogP contribution in [0.4, 0.5) is 0 Å². The first-order valence-electron chi connectivity index (χ1n) is 5.78. The minimum absolute atomic E-state index is 0.0173. The summed E-state index contributed by atoms with van der Waals surface area (Å²) in [5.74, 6) is 0.0839. The van der Waals surface area contributed by atoms with Crippen LogP contribution < -0.4 is 5.32 Å². The van der Waals surface area contributed by atoms with Crippen LogP contribution in [-0.4, -0.2) is 31.6 Å². The van der Waals surface area contributed by atoms with Crippen LogP contribution in [0.15, 0.2) is 18.2 Å². The zero-order chi connectivity index (χ0) is 12.3. The number of hydrogen-bond donors (Lipinski definition) is 1. The Labute approximate surface area is 106 Å². The van der Waals surface area contributed by atoms with Gasteiger partial charge in [0.2, 0.25) is 0 Å². The molecule has 4 heteroatoms. The van der Waals surface area contributed by atoms with Crippen molar-refractivity contribution in [1.29, 1.82) is 0 Å². The van der Waals surface area contributed by atoms with Crippen molar-refractivity contribution in [2.24, 2.45) is 0 Å². The number of Topliss-reactive ketones (excluding diaryl/α,β-unsaturated/α-hetero) is 1. The molecular formula is C13H16ClNO2. The molecule has 3 nitrogen and oxygen atoms in total. The standard InChI is InChI=1S/C13H16ClNO2/c1-9-2-3-10(6-12(9)14)13(16)7-11-8-15-4-5-17-11/h2-3,6,11,15H,4-5,7-8H2,1H3. The van der Waals surface area contributed by atoms with Gasteiger partial charge in [0.1, 0.15) is 0 Å². The number of ether oxygens (including phenoxy) is 1. The Balaban J connectivity index is 2.01. The van der Waals surface area contributed by atoms with E-state index in [-0.39, 0.29) is 11.9 Å². The van der Waals surface area contributed by atoms with Crippen LogP contribution in [0.5, 0.6) is 0 Å². The molecule has 2 rings (SSSR count). The molecule has 1 atom stereocenters. The van der Waals surface area contributed by atoms with Crippen LogP contribution in [0, 0.1) is 6.92 Å². The third kappa shape index (κ3) is 3.28. The van der Waals surface area contributed by atoms with Gasteiger partial charge in [-0.2, -0.15) is 0 Å². The molecule has 17 heavy (non-hydrogen) atoms. The van der Waals surface area contributed by atoms with Crippen molar-refractivity contribution in [3.63, 3.8) is 0 Å². The van der Waals surface area contributed by atoms with Crippen molar-refractivity contribution in [3.05, 3.63) is 34.3 Å². The highest BCUT2D eigenvalue weighted by Gasteiger charge is 2.18. The summed E-state index contributed by atoms with van der Waals surface area (Å²) in [6.45, 7) is 4.20. The fourth-order valence-corrected chi connectivity index (χ4v) is 2.02. The first kappa shape index (κ1) is 12.6. The fourth-order valence-electron chi connectivity index (χ4n) is 1.84. The normalized spacial score (nSPS) is 20.2. The van der Waals surface area contributed by atoms with E-state index in [0.29, 0.717) is 23.6 Å². The zero-order valence-electron chi connectivity index (χ0n) is 9.83. The zero-order valence-corrected chi connectivity index (χ0v) is 10.6. The molecule has 1 fully saturated rings. The predicted molar refractivity (Wildman–Crippen MR) is 67.7 cm³/mol. The second-order valence-electron chi connectivity index (χ2n) is 4.29. The van der Waals surface area contributed by atoms with E-state index in [0.717, 1.165) is 18.7 Å². The Morgan fingerprint density at radius 3 is 3.06 bits per heavy atom. The van der Waals surface area contributed by atoms with Gasteiger partial charge in [0.25, 0.3) is 0 Å². The van der Waals surface area contributed by atoms with Gasteiger partial charge in [0.05, 0.1) is 12.7 Å². The molecule has 1 heterocycles. The summed E-state index contributed by atoms with van der Waals surface area (Å²) in [5.41, 5.74) is 1.65. The summed E-state index contributed by atoms with van der Waals surface area (Å²) >= 11 is 6.00. The smallest absolute Gasteiger partial charge is 0.165 e. The molecule has 1 unspecified atom stereocenters. The number of morpholine rings is 1. The Kier molecular flexibility index (Phi) is 4.15. The average molecular weight is 254 g/mol.